The van der Waals surface area contributed by atoms with Crippen molar-refractivity contribution in [2.45, 2.75) is 6.54 Å². The van der Waals surface area contributed by atoms with Crippen molar-refractivity contribution >= 4 is 16.5 Å². The van der Waals surface area contributed by atoms with Gasteiger partial charge in [-0.15, -0.1) is 0 Å². The quantitative estimate of drug-likeness (QED) is 0.348. The molecule has 0 unspecified atom stereocenters. The van der Waals surface area contributed by atoms with Gasteiger partial charge in [0.15, 0.2) is 0 Å². The van der Waals surface area contributed by atoms with E-state index in [2.05, 4.69) is 0 Å². The number of phenolic OH excluding ortho intramolecular Hbond substituents is 1. The first-order valence-corrected chi connectivity index (χ1v) is 4.70. The number of nitro groups is 1. The number of anilines is 1. The Kier molecular flexibility index (Phi) is 2.36. The number of fused-ring (bicyclic) bond motifs is 1. The van der Waals surface area contributed by atoms with Crippen LogP contribution in [-0.4, -0.2) is 10.0 Å². The molecule has 3 N–H and O–H groups in total. The fourth-order valence-electron chi connectivity index (χ4n) is 1.71. The van der Waals surface area contributed by atoms with Gasteiger partial charge in [0.05, 0.1) is 5.56 Å². The van der Waals surface area contributed by atoms with E-state index in [-0.39, 0.29) is 11.3 Å². The van der Waals surface area contributed by atoms with Crippen LogP contribution in [-0.2, 0) is 6.54 Å². The molecule has 0 saturated carbocycles. The Balaban J connectivity index is 2.70. The lowest BCUT2D eigenvalue weighted by atomic mass is 10.0. The van der Waals surface area contributed by atoms with E-state index in [1.165, 1.54) is 6.07 Å². The maximum absolute atomic E-state index is 10.4. The average molecular weight is 218 g/mol. The van der Waals surface area contributed by atoms with E-state index in [0.29, 0.717) is 16.5 Å². The third-order valence-corrected chi connectivity index (χ3v) is 2.43. The highest BCUT2D eigenvalue weighted by Gasteiger charge is 2.13. The SMILES string of the molecule is Nc1cc(C[N+](=O)[O-])c(O)c2ccccc12. The molecule has 0 radical (unpaired) electrons. The van der Waals surface area contributed by atoms with Gasteiger partial charge in [0.2, 0.25) is 6.54 Å². The van der Waals surface area contributed by atoms with Crippen LogP contribution in [0.4, 0.5) is 5.69 Å². The number of phenols is 1. The second-order valence-corrected chi connectivity index (χ2v) is 3.51. The van der Waals surface area contributed by atoms with Crippen LogP contribution in [0.2, 0.25) is 0 Å². The van der Waals surface area contributed by atoms with Crippen molar-refractivity contribution in [3.63, 3.8) is 0 Å². The van der Waals surface area contributed by atoms with E-state index in [0.717, 1.165) is 0 Å². The molecule has 0 aliphatic rings. The molecule has 16 heavy (non-hydrogen) atoms. The molecular formula is C11H10N2O3. The zero-order valence-corrected chi connectivity index (χ0v) is 8.38. The van der Waals surface area contributed by atoms with Crippen LogP contribution < -0.4 is 5.73 Å². The van der Waals surface area contributed by atoms with Crippen molar-refractivity contribution in [3.8, 4) is 5.75 Å². The van der Waals surface area contributed by atoms with Crippen LogP contribution in [0.15, 0.2) is 30.3 Å². The van der Waals surface area contributed by atoms with Gasteiger partial charge in [-0.2, -0.15) is 0 Å². The molecule has 0 aliphatic carbocycles. The van der Waals surface area contributed by atoms with Gasteiger partial charge < -0.3 is 10.8 Å². The van der Waals surface area contributed by atoms with Gasteiger partial charge >= 0.3 is 0 Å². The first kappa shape index (κ1) is 10.2. The van der Waals surface area contributed by atoms with Gasteiger partial charge in [-0.3, -0.25) is 10.1 Å². The number of nitrogens with zero attached hydrogens (tertiary/aromatic N) is 1. The molecule has 0 heterocycles. The lowest BCUT2D eigenvalue weighted by Gasteiger charge is -2.07. The molecule has 0 amide bonds. The molecule has 0 spiro atoms. The third kappa shape index (κ3) is 1.63. The maximum atomic E-state index is 10.4. The molecule has 0 atom stereocenters. The smallest absolute Gasteiger partial charge is 0.232 e. The highest BCUT2D eigenvalue weighted by Crippen LogP contribution is 2.33. The van der Waals surface area contributed by atoms with E-state index >= 15 is 0 Å². The minimum absolute atomic E-state index is 0.0681. The van der Waals surface area contributed by atoms with Crippen molar-refractivity contribution in [3.05, 3.63) is 46.0 Å². The lowest BCUT2D eigenvalue weighted by Crippen LogP contribution is -2.00. The second kappa shape index (κ2) is 3.69. The van der Waals surface area contributed by atoms with Crippen LogP contribution >= 0.6 is 0 Å². The normalized spacial score (nSPS) is 10.5. The van der Waals surface area contributed by atoms with E-state index in [9.17, 15) is 15.2 Å². The average Bonchev–Trinajstić information content (AvgIpc) is 2.25. The topological polar surface area (TPSA) is 89.4 Å². The summed E-state index contributed by atoms with van der Waals surface area (Å²) in [5.74, 6) is -0.0681. The van der Waals surface area contributed by atoms with Crippen LogP contribution in [0, 0.1) is 10.1 Å². The number of hydrogen-bond donors (Lipinski definition) is 2. The van der Waals surface area contributed by atoms with E-state index in [4.69, 9.17) is 5.73 Å². The summed E-state index contributed by atoms with van der Waals surface area (Å²) in [6.07, 6.45) is 0. The Hall–Kier alpha value is -2.30. The fourth-order valence-corrected chi connectivity index (χ4v) is 1.71. The van der Waals surface area contributed by atoms with E-state index in [1.54, 1.807) is 24.3 Å². The maximum Gasteiger partial charge on any atom is 0.232 e. The standard InChI is InChI=1S/C11H10N2O3/c12-10-5-7(6-13(15)16)11(14)9-4-2-1-3-8(9)10/h1-5,14H,6,12H2. The molecule has 82 valence electrons. The number of nitrogens with two attached hydrogens (primary N) is 1. The number of aromatic hydroxyl groups is 1. The molecule has 0 aromatic heterocycles. The number of rotatable bonds is 2. The zero-order valence-electron chi connectivity index (χ0n) is 8.38. The molecule has 2 aromatic rings. The molecule has 5 heteroatoms. The summed E-state index contributed by atoms with van der Waals surface area (Å²) < 4.78 is 0. The minimum Gasteiger partial charge on any atom is -0.507 e. The van der Waals surface area contributed by atoms with Crippen molar-refractivity contribution in [1.29, 1.82) is 0 Å². The van der Waals surface area contributed by atoms with Crippen molar-refractivity contribution < 1.29 is 10.0 Å². The lowest BCUT2D eigenvalue weighted by molar-refractivity contribution is -0.496. The summed E-state index contributed by atoms with van der Waals surface area (Å²) in [5, 5.41) is 21.5. The Bertz CT molecular complexity index is 566. The summed E-state index contributed by atoms with van der Waals surface area (Å²) in [5.41, 5.74) is 6.44. The molecule has 2 aromatic carbocycles. The van der Waals surface area contributed by atoms with Crippen LogP contribution in [0.5, 0.6) is 5.75 Å². The van der Waals surface area contributed by atoms with Crippen LogP contribution in [0.3, 0.4) is 0 Å². The molecule has 5 nitrogen and oxygen atoms in total. The number of nitrogen functional groups attached to an aromatic ring is 1. The van der Waals surface area contributed by atoms with E-state index in [1.807, 2.05) is 0 Å². The molecule has 0 bridgehead atoms. The Morgan fingerprint density at radius 3 is 2.56 bits per heavy atom. The summed E-state index contributed by atoms with van der Waals surface area (Å²) >= 11 is 0. The van der Waals surface area contributed by atoms with Crippen molar-refractivity contribution in [2.75, 3.05) is 5.73 Å². The molecule has 2 rings (SSSR count). The largest absolute Gasteiger partial charge is 0.507 e. The van der Waals surface area contributed by atoms with Crippen molar-refractivity contribution in [1.82, 2.24) is 0 Å². The summed E-state index contributed by atoms with van der Waals surface area (Å²) in [7, 11) is 0. The van der Waals surface area contributed by atoms with Gasteiger partial charge in [-0.1, -0.05) is 24.3 Å². The highest BCUT2D eigenvalue weighted by molar-refractivity contribution is 5.97. The Morgan fingerprint density at radius 1 is 1.31 bits per heavy atom. The Morgan fingerprint density at radius 2 is 1.94 bits per heavy atom. The van der Waals surface area contributed by atoms with Gasteiger partial charge in [0.25, 0.3) is 0 Å². The number of benzene rings is 2. The van der Waals surface area contributed by atoms with Crippen LogP contribution in [0.1, 0.15) is 5.56 Å². The zero-order chi connectivity index (χ0) is 11.7. The first-order chi connectivity index (χ1) is 7.59. The molecule has 0 fully saturated rings. The Labute approximate surface area is 91.3 Å². The van der Waals surface area contributed by atoms with E-state index < -0.39 is 11.5 Å². The fraction of sp³-hybridized carbons (Fsp3) is 0.0909. The van der Waals surface area contributed by atoms with Gasteiger partial charge in [-0.25, -0.2) is 0 Å². The number of hydrogen-bond acceptors (Lipinski definition) is 4. The van der Waals surface area contributed by atoms with Crippen molar-refractivity contribution in [2.24, 2.45) is 0 Å². The molecule has 0 saturated heterocycles. The van der Waals surface area contributed by atoms with Crippen LogP contribution in [0.25, 0.3) is 10.8 Å². The van der Waals surface area contributed by atoms with Gasteiger partial charge in [0.1, 0.15) is 5.75 Å². The van der Waals surface area contributed by atoms with Gasteiger partial charge in [-0.05, 0) is 6.07 Å². The predicted octanol–water partition coefficient (Wildman–Crippen LogP) is 1.90. The minimum atomic E-state index is -0.497. The molecular weight excluding hydrogens is 208 g/mol. The second-order valence-electron chi connectivity index (χ2n) is 3.51. The first-order valence-electron chi connectivity index (χ1n) is 4.70. The summed E-state index contributed by atoms with van der Waals surface area (Å²) in [4.78, 5) is 9.93. The molecule has 0 aliphatic heterocycles. The third-order valence-electron chi connectivity index (χ3n) is 2.43. The predicted molar refractivity (Wildman–Crippen MR) is 60.7 cm³/mol. The monoisotopic (exact) mass is 218 g/mol. The van der Waals surface area contributed by atoms with Gasteiger partial charge in [0, 0.05) is 21.4 Å². The highest BCUT2D eigenvalue weighted by atomic mass is 16.6. The summed E-state index contributed by atoms with van der Waals surface area (Å²) in [6.45, 7) is -0.430. The summed E-state index contributed by atoms with van der Waals surface area (Å²) in [6, 6.07) is 8.44.